The van der Waals surface area contributed by atoms with Crippen LogP contribution in [0.15, 0.2) is 30.4 Å². The van der Waals surface area contributed by atoms with E-state index in [-0.39, 0.29) is 16.9 Å². The van der Waals surface area contributed by atoms with Crippen molar-refractivity contribution in [1.82, 2.24) is 0 Å². The van der Waals surface area contributed by atoms with Crippen LogP contribution in [0.25, 0.3) is 0 Å². The molecule has 1 N–H and O–H groups in total. The first-order valence-electron chi connectivity index (χ1n) is 9.01. The van der Waals surface area contributed by atoms with Crippen molar-refractivity contribution in [3.63, 3.8) is 0 Å². The second-order valence-electron chi connectivity index (χ2n) is 8.61. The molecular formula is C21H28O2. The molecule has 1 aromatic carbocycles. The van der Waals surface area contributed by atoms with Crippen molar-refractivity contribution in [2.24, 2.45) is 22.7 Å². The van der Waals surface area contributed by atoms with Gasteiger partial charge in [-0.3, -0.25) is 0 Å². The average Bonchev–Trinajstić information content (AvgIpc) is 2.62. The molecule has 2 aliphatic carbocycles. The van der Waals surface area contributed by atoms with E-state index >= 15 is 0 Å². The van der Waals surface area contributed by atoms with Gasteiger partial charge >= 0.3 is 0 Å². The molecule has 0 bridgehead atoms. The van der Waals surface area contributed by atoms with Crippen molar-refractivity contribution in [3.8, 4) is 11.5 Å². The average molecular weight is 312 g/mol. The van der Waals surface area contributed by atoms with E-state index in [0.717, 1.165) is 25.0 Å². The normalized spacial score (nSPS) is 42.2. The molecule has 4 rings (SSSR count). The van der Waals surface area contributed by atoms with Gasteiger partial charge in [-0.2, -0.15) is 0 Å². The van der Waals surface area contributed by atoms with Crippen molar-refractivity contribution < 1.29 is 9.84 Å². The lowest BCUT2D eigenvalue weighted by Crippen LogP contribution is -2.57. The molecule has 0 unspecified atom stereocenters. The summed E-state index contributed by atoms with van der Waals surface area (Å²) in [6, 6.07) is 5.61. The standard InChI is InChI=1S/C21H28O2/c1-13-5-7-18-19-20(13,3)10-9-14(2)21(19,4)12-15-11-16(22)6-8-17(15)23-18/h6,8,11,14,18-19,22H,1,5,7,9-10,12H2,2-4H3/t14-,18-,19+,20+,21+/m0/s1. The van der Waals surface area contributed by atoms with Gasteiger partial charge in [0.15, 0.2) is 0 Å². The summed E-state index contributed by atoms with van der Waals surface area (Å²) in [5.74, 6) is 2.49. The van der Waals surface area contributed by atoms with Crippen molar-refractivity contribution in [2.45, 2.75) is 59.0 Å². The molecule has 0 aromatic heterocycles. The highest BCUT2D eigenvalue weighted by molar-refractivity contribution is 5.42. The van der Waals surface area contributed by atoms with E-state index in [1.807, 2.05) is 12.1 Å². The lowest BCUT2D eigenvalue weighted by molar-refractivity contribution is -0.0995. The lowest BCUT2D eigenvalue weighted by Gasteiger charge is -2.59. The van der Waals surface area contributed by atoms with Crippen molar-refractivity contribution in [3.05, 3.63) is 35.9 Å². The molecule has 2 heteroatoms. The Bertz CT molecular complexity index is 664. The van der Waals surface area contributed by atoms with Gasteiger partial charge in [-0.1, -0.05) is 32.9 Å². The van der Waals surface area contributed by atoms with E-state index in [9.17, 15) is 5.11 Å². The Morgan fingerprint density at radius 3 is 2.83 bits per heavy atom. The van der Waals surface area contributed by atoms with Crippen LogP contribution >= 0.6 is 0 Å². The lowest BCUT2D eigenvalue weighted by atomic mass is 9.45. The van der Waals surface area contributed by atoms with Crippen LogP contribution in [0.5, 0.6) is 11.5 Å². The molecule has 124 valence electrons. The van der Waals surface area contributed by atoms with Gasteiger partial charge in [-0.15, -0.1) is 0 Å². The first kappa shape index (κ1) is 15.1. The number of ether oxygens (including phenoxy) is 1. The van der Waals surface area contributed by atoms with Crippen LogP contribution in [-0.2, 0) is 6.42 Å². The highest BCUT2D eigenvalue weighted by atomic mass is 16.5. The van der Waals surface area contributed by atoms with Crippen molar-refractivity contribution >= 4 is 0 Å². The molecule has 0 radical (unpaired) electrons. The maximum atomic E-state index is 9.94. The number of aromatic hydroxyl groups is 1. The first-order valence-corrected chi connectivity index (χ1v) is 9.01. The zero-order valence-electron chi connectivity index (χ0n) is 14.6. The van der Waals surface area contributed by atoms with Crippen LogP contribution in [0.1, 0.15) is 52.0 Å². The molecule has 0 amide bonds. The molecule has 2 fully saturated rings. The molecule has 3 aliphatic rings. The summed E-state index contributed by atoms with van der Waals surface area (Å²) in [5.41, 5.74) is 2.98. The highest BCUT2D eigenvalue weighted by Crippen LogP contribution is 2.64. The van der Waals surface area contributed by atoms with Gasteiger partial charge in [-0.05, 0) is 72.6 Å². The summed E-state index contributed by atoms with van der Waals surface area (Å²) in [6.07, 6.45) is 5.89. The molecule has 1 aromatic rings. The maximum absolute atomic E-state index is 9.94. The SMILES string of the molecule is C=C1CC[C@@H]2Oc3ccc(O)cc3C[C@]3(C)[C@@H](C)CC[C@@]1(C)[C@@H]23. The molecule has 0 saturated heterocycles. The second kappa shape index (κ2) is 4.78. The van der Waals surface area contributed by atoms with E-state index in [2.05, 4.69) is 27.4 Å². The van der Waals surface area contributed by atoms with Gasteiger partial charge in [0.1, 0.15) is 17.6 Å². The summed E-state index contributed by atoms with van der Waals surface area (Å²) in [4.78, 5) is 0. The number of fused-ring (bicyclic) bond motifs is 1. The van der Waals surface area contributed by atoms with Crippen LogP contribution in [0.2, 0.25) is 0 Å². The first-order chi connectivity index (χ1) is 10.8. The predicted molar refractivity (Wildman–Crippen MR) is 92.7 cm³/mol. The number of phenolic OH excluding ortho intramolecular Hbond substituents is 1. The Kier molecular flexibility index (Phi) is 3.14. The van der Waals surface area contributed by atoms with Gasteiger partial charge < -0.3 is 9.84 Å². The van der Waals surface area contributed by atoms with Crippen molar-refractivity contribution in [1.29, 1.82) is 0 Å². The van der Waals surface area contributed by atoms with Gasteiger partial charge in [-0.25, -0.2) is 0 Å². The summed E-state index contributed by atoms with van der Waals surface area (Å²) in [5, 5.41) is 9.94. The summed E-state index contributed by atoms with van der Waals surface area (Å²) < 4.78 is 6.53. The third-order valence-corrected chi connectivity index (χ3v) is 7.42. The maximum Gasteiger partial charge on any atom is 0.123 e. The van der Waals surface area contributed by atoms with Crippen LogP contribution in [0.4, 0.5) is 0 Å². The van der Waals surface area contributed by atoms with Crippen LogP contribution in [0, 0.1) is 22.7 Å². The van der Waals surface area contributed by atoms with E-state index in [1.165, 1.54) is 24.0 Å². The van der Waals surface area contributed by atoms with E-state index in [4.69, 9.17) is 4.74 Å². The predicted octanol–water partition coefficient (Wildman–Crippen LogP) is 5.10. The number of benzene rings is 1. The van der Waals surface area contributed by atoms with Gasteiger partial charge in [0.2, 0.25) is 0 Å². The van der Waals surface area contributed by atoms with Crippen LogP contribution in [-0.4, -0.2) is 11.2 Å². The van der Waals surface area contributed by atoms with Gasteiger partial charge in [0.05, 0.1) is 0 Å². The zero-order chi connectivity index (χ0) is 16.4. The number of rotatable bonds is 0. The largest absolute Gasteiger partial charge is 0.508 e. The Morgan fingerprint density at radius 1 is 1.26 bits per heavy atom. The fraction of sp³-hybridized carbons (Fsp3) is 0.619. The molecule has 5 atom stereocenters. The van der Waals surface area contributed by atoms with Crippen LogP contribution < -0.4 is 4.74 Å². The fourth-order valence-electron chi connectivity index (χ4n) is 5.84. The van der Waals surface area contributed by atoms with E-state index < -0.39 is 0 Å². The molecular weight excluding hydrogens is 284 g/mol. The molecule has 2 nitrogen and oxygen atoms in total. The third kappa shape index (κ3) is 2.00. The third-order valence-electron chi connectivity index (χ3n) is 7.42. The fourth-order valence-corrected chi connectivity index (χ4v) is 5.84. The van der Waals surface area contributed by atoms with Crippen molar-refractivity contribution in [2.75, 3.05) is 0 Å². The zero-order valence-corrected chi connectivity index (χ0v) is 14.6. The van der Waals surface area contributed by atoms with E-state index in [0.29, 0.717) is 17.6 Å². The summed E-state index contributed by atoms with van der Waals surface area (Å²) in [7, 11) is 0. The molecule has 1 heterocycles. The minimum Gasteiger partial charge on any atom is -0.508 e. The Hall–Kier alpha value is -1.44. The number of hydrogen-bond acceptors (Lipinski definition) is 2. The molecule has 0 spiro atoms. The van der Waals surface area contributed by atoms with Crippen LogP contribution in [0.3, 0.4) is 0 Å². The van der Waals surface area contributed by atoms with Gasteiger partial charge in [0, 0.05) is 5.92 Å². The second-order valence-corrected chi connectivity index (χ2v) is 8.61. The number of phenols is 1. The number of hydrogen-bond donors (Lipinski definition) is 1. The molecule has 1 aliphatic heterocycles. The topological polar surface area (TPSA) is 29.5 Å². The molecule has 23 heavy (non-hydrogen) atoms. The van der Waals surface area contributed by atoms with E-state index in [1.54, 1.807) is 6.07 Å². The Morgan fingerprint density at radius 2 is 2.04 bits per heavy atom. The van der Waals surface area contributed by atoms with Gasteiger partial charge in [0.25, 0.3) is 0 Å². The monoisotopic (exact) mass is 312 g/mol. The quantitative estimate of drug-likeness (QED) is 0.675. The summed E-state index contributed by atoms with van der Waals surface area (Å²) >= 11 is 0. The molecule has 2 saturated carbocycles. The minimum absolute atomic E-state index is 0.189. The highest BCUT2D eigenvalue weighted by Gasteiger charge is 2.59. The smallest absolute Gasteiger partial charge is 0.123 e. The minimum atomic E-state index is 0.189. The summed E-state index contributed by atoms with van der Waals surface area (Å²) in [6.45, 7) is 11.7. The number of allylic oxidation sites excluding steroid dienone is 1. The Labute approximate surface area is 139 Å². The Balaban J connectivity index is 1.88.